The van der Waals surface area contributed by atoms with Gasteiger partial charge in [0.2, 0.25) is 15.9 Å². The van der Waals surface area contributed by atoms with E-state index < -0.39 is 21.7 Å². The number of β-amino-alcohol motifs (C(OH)–C–C–N with tert-alkyl or cyclic N) is 1. The molecule has 0 aromatic heterocycles. The lowest BCUT2D eigenvalue weighted by Crippen LogP contribution is -2.64. The van der Waals surface area contributed by atoms with Gasteiger partial charge in [-0.15, -0.1) is 0 Å². The smallest absolute Gasteiger partial charge is 0.219 e. The van der Waals surface area contributed by atoms with Crippen molar-refractivity contribution in [1.29, 1.82) is 0 Å². The van der Waals surface area contributed by atoms with Crippen molar-refractivity contribution in [1.82, 2.24) is 14.1 Å². The van der Waals surface area contributed by atoms with Gasteiger partial charge in [0, 0.05) is 45.7 Å². The SMILES string of the molecule is CC(=O)N1CCC(N2CC[C@@]3(CCCN3S(C)(=O)=O)[C@@H](O)C2)CC1. The number of piperidine rings is 2. The average Bonchev–Trinajstić information content (AvgIpc) is 2.95. The zero-order chi connectivity index (χ0) is 17.5. The molecule has 0 radical (unpaired) electrons. The highest BCUT2D eigenvalue weighted by atomic mass is 32.2. The number of aliphatic hydroxyl groups is 1. The zero-order valence-electron chi connectivity index (χ0n) is 14.6. The van der Waals surface area contributed by atoms with Crippen LogP contribution in [0.3, 0.4) is 0 Å². The summed E-state index contributed by atoms with van der Waals surface area (Å²) in [5.74, 6) is 0.126. The number of rotatable bonds is 2. The third-order valence-electron chi connectivity index (χ3n) is 6.15. The first-order valence-electron chi connectivity index (χ1n) is 8.89. The summed E-state index contributed by atoms with van der Waals surface area (Å²) in [4.78, 5) is 15.6. The third-order valence-corrected chi connectivity index (χ3v) is 7.50. The minimum absolute atomic E-state index is 0.126. The van der Waals surface area contributed by atoms with Crippen LogP contribution in [0.2, 0.25) is 0 Å². The largest absolute Gasteiger partial charge is 0.390 e. The van der Waals surface area contributed by atoms with Gasteiger partial charge >= 0.3 is 0 Å². The number of aliphatic hydroxyl groups excluding tert-OH is 1. The second-order valence-corrected chi connectivity index (χ2v) is 9.45. The molecule has 2 atom stereocenters. The van der Waals surface area contributed by atoms with Crippen LogP contribution in [0.25, 0.3) is 0 Å². The maximum absolute atomic E-state index is 12.1. The van der Waals surface area contributed by atoms with E-state index in [4.69, 9.17) is 0 Å². The molecule has 3 heterocycles. The summed E-state index contributed by atoms with van der Waals surface area (Å²) in [6, 6.07) is 0.376. The number of sulfonamides is 1. The highest BCUT2D eigenvalue weighted by Crippen LogP contribution is 2.41. The molecule has 3 aliphatic rings. The molecule has 3 rings (SSSR count). The second kappa shape index (κ2) is 6.55. The molecule has 1 spiro atoms. The number of carbonyl (C=O) groups is 1. The van der Waals surface area contributed by atoms with E-state index >= 15 is 0 Å². The Morgan fingerprint density at radius 1 is 1.12 bits per heavy atom. The molecule has 0 aromatic carbocycles. The third kappa shape index (κ3) is 3.21. The number of likely N-dealkylation sites (tertiary alicyclic amines) is 2. The van der Waals surface area contributed by atoms with Crippen LogP contribution in [-0.4, -0.2) is 90.2 Å². The fraction of sp³-hybridized carbons (Fsp3) is 0.938. The van der Waals surface area contributed by atoms with Crippen molar-refractivity contribution in [2.75, 3.05) is 39.0 Å². The summed E-state index contributed by atoms with van der Waals surface area (Å²) in [7, 11) is -3.29. The second-order valence-electron chi connectivity index (χ2n) is 7.54. The Morgan fingerprint density at radius 2 is 1.79 bits per heavy atom. The molecule has 0 aliphatic carbocycles. The van der Waals surface area contributed by atoms with Crippen LogP contribution in [-0.2, 0) is 14.8 Å². The Morgan fingerprint density at radius 3 is 2.33 bits per heavy atom. The first-order chi connectivity index (χ1) is 11.2. The quantitative estimate of drug-likeness (QED) is 0.742. The van der Waals surface area contributed by atoms with Crippen LogP contribution in [0.15, 0.2) is 0 Å². The van der Waals surface area contributed by atoms with Gasteiger partial charge in [-0.25, -0.2) is 8.42 Å². The van der Waals surface area contributed by atoms with Gasteiger partial charge in [-0.1, -0.05) is 0 Å². The Labute approximate surface area is 144 Å². The van der Waals surface area contributed by atoms with Gasteiger partial charge < -0.3 is 10.0 Å². The van der Waals surface area contributed by atoms with Crippen molar-refractivity contribution >= 4 is 15.9 Å². The van der Waals surface area contributed by atoms with Crippen LogP contribution in [0, 0.1) is 0 Å². The first kappa shape index (κ1) is 18.1. The lowest BCUT2D eigenvalue weighted by molar-refractivity contribution is -0.130. The summed E-state index contributed by atoms with van der Waals surface area (Å²) in [5, 5.41) is 10.8. The fourth-order valence-electron chi connectivity index (χ4n) is 4.82. The fourth-order valence-corrected chi connectivity index (χ4v) is 6.24. The summed E-state index contributed by atoms with van der Waals surface area (Å²) < 4.78 is 25.7. The van der Waals surface area contributed by atoms with Gasteiger partial charge in [-0.05, 0) is 32.1 Å². The summed E-state index contributed by atoms with van der Waals surface area (Å²) in [5.41, 5.74) is -0.607. The lowest BCUT2D eigenvalue weighted by Gasteiger charge is -2.50. The maximum atomic E-state index is 12.1. The van der Waals surface area contributed by atoms with Gasteiger partial charge in [0.1, 0.15) is 0 Å². The van der Waals surface area contributed by atoms with Crippen LogP contribution < -0.4 is 0 Å². The molecule has 24 heavy (non-hydrogen) atoms. The molecule has 1 N–H and O–H groups in total. The lowest BCUT2D eigenvalue weighted by atomic mass is 9.82. The van der Waals surface area contributed by atoms with Crippen molar-refractivity contribution in [2.24, 2.45) is 0 Å². The number of hydrogen-bond acceptors (Lipinski definition) is 5. The van der Waals surface area contributed by atoms with E-state index in [1.807, 2.05) is 4.90 Å². The van der Waals surface area contributed by atoms with E-state index in [1.54, 1.807) is 11.2 Å². The molecule has 1 amide bonds. The topological polar surface area (TPSA) is 81.2 Å². The van der Waals surface area contributed by atoms with Crippen molar-refractivity contribution in [3.05, 3.63) is 0 Å². The predicted molar refractivity (Wildman–Crippen MR) is 91.0 cm³/mol. The molecular weight excluding hydrogens is 330 g/mol. The van der Waals surface area contributed by atoms with E-state index in [9.17, 15) is 18.3 Å². The molecule has 0 saturated carbocycles. The van der Waals surface area contributed by atoms with Crippen LogP contribution in [0.4, 0.5) is 0 Å². The van der Waals surface area contributed by atoms with E-state index in [0.717, 1.165) is 45.3 Å². The Hall–Kier alpha value is -0.700. The molecular formula is C16H29N3O4S. The van der Waals surface area contributed by atoms with E-state index in [0.29, 0.717) is 25.6 Å². The minimum atomic E-state index is -3.29. The van der Waals surface area contributed by atoms with Crippen LogP contribution in [0.1, 0.15) is 39.0 Å². The van der Waals surface area contributed by atoms with Crippen molar-refractivity contribution < 1.29 is 18.3 Å². The standard InChI is InChI=1S/C16H29N3O4S/c1-13(20)17-9-4-14(5-10-17)18-11-7-16(15(21)12-18)6-3-8-19(16)24(2,22)23/h14-15,21H,3-12H2,1-2H3/t15-,16-/m0/s1. The molecule has 3 saturated heterocycles. The molecule has 7 nitrogen and oxygen atoms in total. The number of nitrogens with zero attached hydrogens (tertiary/aromatic N) is 3. The number of hydrogen-bond donors (Lipinski definition) is 1. The Balaban J connectivity index is 1.65. The average molecular weight is 359 g/mol. The molecule has 3 fully saturated rings. The van der Waals surface area contributed by atoms with E-state index in [-0.39, 0.29) is 5.91 Å². The molecule has 0 aromatic rings. The minimum Gasteiger partial charge on any atom is -0.390 e. The van der Waals surface area contributed by atoms with Crippen LogP contribution in [0.5, 0.6) is 0 Å². The monoisotopic (exact) mass is 359 g/mol. The summed E-state index contributed by atoms with van der Waals surface area (Å²) in [6.45, 7) is 5.01. The molecule has 138 valence electrons. The number of carbonyl (C=O) groups excluding carboxylic acids is 1. The molecule has 8 heteroatoms. The van der Waals surface area contributed by atoms with Gasteiger partial charge in [-0.3, -0.25) is 9.69 Å². The van der Waals surface area contributed by atoms with Gasteiger partial charge in [0.15, 0.2) is 0 Å². The van der Waals surface area contributed by atoms with Crippen molar-refractivity contribution in [3.8, 4) is 0 Å². The highest BCUT2D eigenvalue weighted by molar-refractivity contribution is 7.88. The number of amides is 1. The summed E-state index contributed by atoms with van der Waals surface area (Å²) >= 11 is 0. The Kier molecular flexibility index (Phi) is 4.94. The highest BCUT2D eigenvalue weighted by Gasteiger charge is 2.53. The van der Waals surface area contributed by atoms with Gasteiger partial charge in [0.25, 0.3) is 0 Å². The maximum Gasteiger partial charge on any atom is 0.219 e. The molecule has 3 aliphatic heterocycles. The Bertz CT molecular complexity index is 588. The molecule has 0 bridgehead atoms. The zero-order valence-corrected chi connectivity index (χ0v) is 15.5. The van der Waals surface area contributed by atoms with Gasteiger partial charge in [0.05, 0.1) is 17.9 Å². The van der Waals surface area contributed by atoms with Crippen molar-refractivity contribution in [3.63, 3.8) is 0 Å². The van der Waals surface area contributed by atoms with Gasteiger partial charge in [-0.2, -0.15) is 4.31 Å². The summed E-state index contributed by atoms with van der Waals surface area (Å²) in [6.07, 6.45) is 4.71. The van der Waals surface area contributed by atoms with E-state index in [1.165, 1.54) is 6.26 Å². The predicted octanol–water partition coefficient (Wildman–Crippen LogP) is -0.142. The van der Waals surface area contributed by atoms with Crippen molar-refractivity contribution in [2.45, 2.75) is 56.7 Å². The first-order valence-corrected chi connectivity index (χ1v) is 10.7. The van der Waals surface area contributed by atoms with Crippen LogP contribution >= 0.6 is 0 Å². The normalized spacial score (nSPS) is 34.1. The van der Waals surface area contributed by atoms with E-state index in [2.05, 4.69) is 4.90 Å². The molecule has 0 unspecified atom stereocenters.